The monoisotopic (exact) mass is 529 g/mol. The molecule has 200 valence electrons. The quantitative estimate of drug-likeness (QED) is 0.416. The average molecular weight is 530 g/mol. The second-order valence-corrected chi connectivity index (χ2v) is 12.4. The Kier molecular flexibility index (Phi) is 8.58. The maximum Gasteiger partial charge on any atom is 0.181 e. The minimum atomic E-state index is -3.33. The summed E-state index contributed by atoms with van der Waals surface area (Å²) in [6, 6.07) is 10.0. The largest absolute Gasteiger partial charge is 0.381 e. The number of hydrogen-bond donors (Lipinski definition) is 0. The van der Waals surface area contributed by atoms with Crippen molar-refractivity contribution in [3.8, 4) is 0 Å². The van der Waals surface area contributed by atoms with Crippen LogP contribution in [0, 0.1) is 5.92 Å². The lowest BCUT2D eigenvalue weighted by atomic mass is 9.81. The molecule has 2 unspecified atom stereocenters. The molecule has 2 fully saturated rings. The lowest BCUT2D eigenvalue weighted by Crippen LogP contribution is -2.22. The van der Waals surface area contributed by atoms with Gasteiger partial charge in [-0.2, -0.15) is 0 Å². The molecule has 0 N–H and O–H groups in total. The van der Waals surface area contributed by atoms with Crippen LogP contribution in [0.4, 0.5) is 0 Å². The zero-order chi connectivity index (χ0) is 26.6. The normalized spacial score (nSPS) is 21.0. The standard InChI is InChI=1S/C28H35NO7S/c1-28(2)35-18-27(36-28)21-6-9-24(29-17-21)26(31)11-10-25(30)23(16-19-12-14-34-15-13-19)20-4-7-22(8-5-20)37(3,32)33/h4-9,17,19,23,27H,10-16,18H2,1-3H3. The minimum Gasteiger partial charge on any atom is -0.381 e. The summed E-state index contributed by atoms with van der Waals surface area (Å²) < 4.78 is 40.6. The molecule has 0 radical (unpaired) electrons. The van der Waals surface area contributed by atoms with Crippen LogP contribution in [-0.2, 0) is 28.8 Å². The molecule has 0 spiro atoms. The van der Waals surface area contributed by atoms with E-state index < -0.39 is 21.5 Å². The molecule has 2 aromatic rings. The first-order valence-corrected chi connectivity index (χ1v) is 14.6. The summed E-state index contributed by atoms with van der Waals surface area (Å²) in [7, 11) is -3.33. The zero-order valence-corrected chi connectivity index (χ0v) is 22.5. The summed E-state index contributed by atoms with van der Waals surface area (Å²) >= 11 is 0. The molecule has 2 aliphatic rings. The van der Waals surface area contributed by atoms with Crippen LogP contribution in [0.2, 0.25) is 0 Å². The number of sulfone groups is 1. The van der Waals surface area contributed by atoms with Crippen molar-refractivity contribution in [2.75, 3.05) is 26.1 Å². The molecule has 1 aromatic heterocycles. The third kappa shape index (κ3) is 7.31. The van der Waals surface area contributed by atoms with Crippen molar-refractivity contribution in [2.24, 2.45) is 5.92 Å². The Morgan fingerprint density at radius 2 is 1.76 bits per heavy atom. The summed E-state index contributed by atoms with van der Waals surface area (Å²) in [5, 5.41) is 0. The van der Waals surface area contributed by atoms with Crippen LogP contribution in [0.25, 0.3) is 0 Å². The number of nitrogens with zero attached hydrogens (tertiary/aromatic N) is 1. The second-order valence-electron chi connectivity index (χ2n) is 10.4. The van der Waals surface area contributed by atoms with Crippen molar-refractivity contribution in [1.82, 2.24) is 4.98 Å². The van der Waals surface area contributed by atoms with E-state index in [1.807, 2.05) is 19.9 Å². The molecule has 9 heteroatoms. The van der Waals surface area contributed by atoms with Crippen molar-refractivity contribution in [2.45, 2.75) is 68.7 Å². The van der Waals surface area contributed by atoms with Gasteiger partial charge in [-0.05, 0) is 62.8 Å². The zero-order valence-electron chi connectivity index (χ0n) is 21.6. The summed E-state index contributed by atoms with van der Waals surface area (Å²) in [4.78, 5) is 30.7. The predicted octanol–water partition coefficient (Wildman–Crippen LogP) is 4.44. The van der Waals surface area contributed by atoms with Crippen LogP contribution >= 0.6 is 0 Å². The molecule has 2 atom stereocenters. The summed E-state index contributed by atoms with van der Waals surface area (Å²) in [6.45, 7) is 5.48. The summed E-state index contributed by atoms with van der Waals surface area (Å²) in [5.74, 6) is -0.925. The van der Waals surface area contributed by atoms with Crippen LogP contribution in [0.1, 0.15) is 79.6 Å². The van der Waals surface area contributed by atoms with Gasteiger partial charge in [0.15, 0.2) is 21.4 Å². The number of benzene rings is 1. The van der Waals surface area contributed by atoms with E-state index in [-0.39, 0.29) is 35.4 Å². The number of ketones is 2. The molecule has 37 heavy (non-hydrogen) atoms. The van der Waals surface area contributed by atoms with Gasteiger partial charge in [-0.15, -0.1) is 0 Å². The topological polar surface area (TPSA) is 109 Å². The molecule has 0 aliphatic carbocycles. The average Bonchev–Trinajstić information content (AvgIpc) is 3.25. The molecule has 0 amide bonds. The van der Waals surface area contributed by atoms with Gasteiger partial charge in [0.2, 0.25) is 0 Å². The minimum absolute atomic E-state index is 0.0256. The van der Waals surface area contributed by atoms with Gasteiger partial charge >= 0.3 is 0 Å². The first kappa shape index (κ1) is 27.6. The van der Waals surface area contributed by atoms with Gasteiger partial charge in [0.05, 0.1) is 11.5 Å². The molecular weight excluding hydrogens is 494 g/mol. The van der Waals surface area contributed by atoms with E-state index in [0.29, 0.717) is 37.9 Å². The van der Waals surface area contributed by atoms with E-state index in [4.69, 9.17) is 14.2 Å². The van der Waals surface area contributed by atoms with Gasteiger partial charge < -0.3 is 14.2 Å². The fraction of sp³-hybridized carbons (Fsp3) is 0.536. The fourth-order valence-corrected chi connectivity index (χ4v) is 5.50. The number of carbonyl (C=O) groups is 2. The van der Waals surface area contributed by atoms with Crippen LogP contribution in [0.5, 0.6) is 0 Å². The van der Waals surface area contributed by atoms with E-state index in [1.165, 1.54) is 0 Å². The maximum absolute atomic E-state index is 13.4. The number of ether oxygens (including phenoxy) is 3. The fourth-order valence-electron chi connectivity index (χ4n) is 4.87. The van der Waals surface area contributed by atoms with E-state index in [0.717, 1.165) is 30.2 Å². The highest BCUT2D eigenvalue weighted by Crippen LogP contribution is 2.33. The predicted molar refractivity (Wildman–Crippen MR) is 137 cm³/mol. The Morgan fingerprint density at radius 1 is 1.05 bits per heavy atom. The molecule has 8 nitrogen and oxygen atoms in total. The van der Waals surface area contributed by atoms with E-state index >= 15 is 0 Å². The second kappa shape index (κ2) is 11.5. The van der Waals surface area contributed by atoms with Crippen molar-refractivity contribution in [1.29, 1.82) is 0 Å². The van der Waals surface area contributed by atoms with Gasteiger partial charge in [-0.1, -0.05) is 18.2 Å². The van der Waals surface area contributed by atoms with E-state index in [1.54, 1.807) is 36.5 Å². The number of hydrogen-bond acceptors (Lipinski definition) is 8. The highest BCUT2D eigenvalue weighted by Gasteiger charge is 2.34. The number of aromatic nitrogens is 1. The number of Topliss-reactive ketones (excluding diaryl/α,β-unsaturated/α-hetero) is 2. The van der Waals surface area contributed by atoms with Crippen LogP contribution in [0.15, 0.2) is 47.5 Å². The number of carbonyl (C=O) groups excluding carboxylic acids is 2. The van der Waals surface area contributed by atoms with Crippen molar-refractivity contribution >= 4 is 21.4 Å². The van der Waals surface area contributed by atoms with Crippen molar-refractivity contribution in [3.63, 3.8) is 0 Å². The highest BCUT2D eigenvalue weighted by molar-refractivity contribution is 7.90. The molecule has 2 aliphatic heterocycles. The van der Waals surface area contributed by atoms with Gasteiger partial charge in [-0.25, -0.2) is 8.42 Å². The smallest absolute Gasteiger partial charge is 0.181 e. The Bertz CT molecular complexity index is 1200. The van der Waals surface area contributed by atoms with Gasteiger partial charge in [0.25, 0.3) is 0 Å². The SMILES string of the molecule is CC1(C)OCC(c2ccc(C(=O)CCC(=O)C(CC3CCOCC3)c3ccc(S(C)(=O)=O)cc3)nc2)O1. The third-order valence-corrected chi connectivity index (χ3v) is 8.19. The molecule has 0 bridgehead atoms. The Hall–Kier alpha value is -2.46. The van der Waals surface area contributed by atoms with Gasteiger partial charge in [0, 0.05) is 50.0 Å². The third-order valence-electron chi connectivity index (χ3n) is 7.06. The number of rotatable bonds is 10. The Labute approximate surface area is 218 Å². The molecule has 4 rings (SSSR count). The molecule has 1 aromatic carbocycles. The molecule has 3 heterocycles. The van der Waals surface area contributed by atoms with E-state index in [2.05, 4.69) is 4.98 Å². The highest BCUT2D eigenvalue weighted by atomic mass is 32.2. The lowest BCUT2D eigenvalue weighted by Gasteiger charge is -2.26. The summed E-state index contributed by atoms with van der Waals surface area (Å²) in [6.07, 6.45) is 5.14. The molecule has 0 saturated carbocycles. The molecular formula is C28H35NO7S. The van der Waals surface area contributed by atoms with Crippen LogP contribution in [0.3, 0.4) is 0 Å². The van der Waals surface area contributed by atoms with Gasteiger partial charge in [-0.3, -0.25) is 14.6 Å². The van der Waals surface area contributed by atoms with Crippen molar-refractivity contribution < 1.29 is 32.2 Å². The summed E-state index contributed by atoms with van der Waals surface area (Å²) in [5.41, 5.74) is 1.93. The first-order chi connectivity index (χ1) is 17.5. The lowest BCUT2D eigenvalue weighted by molar-refractivity contribution is -0.139. The Morgan fingerprint density at radius 3 is 2.32 bits per heavy atom. The van der Waals surface area contributed by atoms with Crippen LogP contribution in [-0.4, -0.2) is 56.8 Å². The van der Waals surface area contributed by atoms with E-state index in [9.17, 15) is 18.0 Å². The molecule has 2 saturated heterocycles. The number of pyridine rings is 1. The van der Waals surface area contributed by atoms with Crippen molar-refractivity contribution in [3.05, 3.63) is 59.4 Å². The Balaban J connectivity index is 1.41. The van der Waals surface area contributed by atoms with Crippen LogP contribution < -0.4 is 0 Å². The first-order valence-electron chi connectivity index (χ1n) is 12.7. The van der Waals surface area contributed by atoms with Gasteiger partial charge in [0.1, 0.15) is 17.6 Å². The maximum atomic E-state index is 13.4.